The van der Waals surface area contributed by atoms with E-state index in [9.17, 15) is 4.79 Å². The summed E-state index contributed by atoms with van der Waals surface area (Å²) in [6.45, 7) is 4.39. The zero-order chi connectivity index (χ0) is 13.0. The highest BCUT2D eigenvalue weighted by atomic mass is 16.6. The molecule has 0 fully saturated rings. The average Bonchev–Trinajstić information content (AvgIpc) is 2.78. The molecule has 2 rings (SSSR count). The van der Waals surface area contributed by atoms with Crippen LogP contribution in [0.15, 0.2) is 24.4 Å². The molecule has 4 heteroatoms. The number of hydrogen-bond donors (Lipinski definition) is 2. The van der Waals surface area contributed by atoms with E-state index in [4.69, 9.17) is 4.84 Å². The number of hydroxylamine groups is 1. The van der Waals surface area contributed by atoms with Crippen molar-refractivity contribution in [3.63, 3.8) is 0 Å². The van der Waals surface area contributed by atoms with Crippen molar-refractivity contribution >= 4 is 16.8 Å². The Morgan fingerprint density at radius 1 is 1.44 bits per heavy atom. The van der Waals surface area contributed by atoms with Crippen molar-refractivity contribution in [2.45, 2.75) is 26.7 Å². The fourth-order valence-corrected chi connectivity index (χ4v) is 2.02. The van der Waals surface area contributed by atoms with Crippen LogP contribution >= 0.6 is 0 Å². The van der Waals surface area contributed by atoms with Crippen LogP contribution in [0.3, 0.4) is 0 Å². The maximum absolute atomic E-state index is 11.5. The summed E-state index contributed by atoms with van der Waals surface area (Å²) in [5.74, 6) is -0.0844. The molecule has 0 saturated heterocycles. The number of para-hydroxylation sites is 1. The minimum absolute atomic E-state index is 0.0844. The van der Waals surface area contributed by atoms with Gasteiger partial charge in [-0.15, -0.1) is 0 Å². The van der Waals surface area contributed by atoms with E-state index in [0.29, 0.717) is 19.4 Å². The molecule has 1 aromatic heterocycles. The van der Waals surface area contributed by atoms with E-state index in [1.165, 1.54) is 16.5 Å². The van der Waals surface area contributed by atoms with Crippen LogP contribution in [0.25, 0.3) is 10.9 Å². The highest BCUT2D eigenvalue weighted by Crippen LogP contribution is 2.22. The van der Waals surface area contributed by atoms with Crippen LogP contribution in [-0.4, -0.2) is 17.5 Å². The number of benzene rings is 1. The van der Waals surface area contributed by atoms with Gasteiger partial charge in [0.2, 0.25) is 5.91 Å². The van der Waals surface area contributed by atoms with E-state index in [1.807, 2.05) is 19.2 Å². The minimum Gasteiger partial charge on any atom is -0.361 e. The Labute approximate surface area is 106 Å². The van der Waals surface area contributed by atoms with Crippen LogP contribution in [0.4, 0.5) is 0 Å². The smallest absolute Gasteiger partial charge is 0.243 e. The van der Waals surface area contributed by atoms with Gasteiger partial charge in [0.15, 0.2) is 0 Å². The topological polar surface area (TPSA) is 54.1 Å². The molecule has 1 heterocycles. The zero-order valence-corrected chi connectivity index (χ0v) is 10.7. The maximum Gasteiger partial charge on any atom is 0.243 e. The largest absolute Gasteiger partial charge is 0.361 e. The molecule has 0 atom stereocenters. The number of nitrogens with one attached hydrogen (secondary N) is 2. The van der Waals surface area contributed by atoms with Gasteiger partial charge in [-0.1, -0.05) is 18.2 Å². The van der Waals surface area contributed by atoms with Crippen molar-refractivity contribution in [3.8, 4) is 0 Å². The number of hydrogen-bond acceptors (Lipinski definition) is 2. The molecular weight excluding hydrogens is 228 g/mol. The average molecular weight is 246 g/mol. The first-order valence-electron chi connectivity index (χ1n) is 6.18. The maximum atomic E-state index is 11.5. The quantitative estimate of drug-likeness (QED) is 0.796. The van der Waals surface area contributed by atoms with Crippen LogP contribution < -0.4 is 5.48 Å². The molecule has 1 amide bonds. The van der Waals surface area contributed by atoms with Crippen molar-refractivity contribution in [1.82, 2.24) is 10.5 Å². The van der Waals surface area contributed by atoms with Gasteiger partial charge in [0.05, 0.1) is 6.61 Å². The van der Waals surface area contributed by atoms with Gasteiger partial charge in [-0.05, 0) is 31.4 Å². The van der Waals surface area contributed by atoms with Crippen LogP contribution in [0.2, 0.25) is 0 Å². The summed E-state index contributed by atoms with van der Waals surface area (Å²) >= 11 is 0. The first kappa shape index (κ1) is 12.6. The van der Waals surface area contributed by atoms with Crippen molar-refractivity contribution in [2.75, 3.05) is 6.61 Å². The number of H-pyrrole nitrogens is 1. The highest BCUT2D eigenvalue weighted by Gasteiger charge is 2.07. The lowest BCUT2D eigenvalue weighted by Gasteiger charge is -2.03. The van der Waals surface area contributed by atoms with Gasteiger partial charge in [0.1, 0.15) is 0 Å². The van der Waals surface area contributed by atoms with Gasteiger partial charge < -0.3 is 4.98 Å². The second-order valence-electron chi connectivity index (χ2n) is 4.27. The Hall–Kier alpha value is -1.81. The fraction of sp³-hybridized carbons (Fsp3) is 0.357. The Balaban J connectivity index is 2.04. The van der Waals surface area contributed by atoms with Crippen LogP contribution in [0.1, 0.15) is 24.5 Å². The summed E-state index contributed by atoms with van der Waals surface area (Å²) in [6, 6.07) is 6.19. The lowest BCUT2D eigenvalue weighted by Crippen LogP contribution is -2.23. The van der Waals surface area contributed by atoms with Gasteiger partial charge in [-0.2, -0.15) is 0 Å². The van der Waals surface area contributed by atoms with Crippen molar-refractivity contribution in [1.29, 1.82) is 0 Å². The summed E-state index contributed by atoms with van der Waals surface area (Å²) in [4.78, 5) is 19.6. The standard InChI is InChI=1S/C14H18N2O2/c1-3-18-16-13(17)8-7-11-9-15-14-10(2)5-4-6-12(11)14/h4-6,9,15H,3,7-8H2,1-2H3,(H,16,17). The summed E-state index contributed by atoms with van der Waals surface area (Å²) in [5.41, 5.74) is 5.94. The number of amides is 1. The molecule has 0 saturated carbocycles. The zero-order valence-electron chi connectivity index (χ0n) is 10.7. The SMILES string of the molecule is CCONC(=O)CCc1c[nH]c2c(C)cccc12. The molecule has 2 aromatic rings. The monoisotopic (exact) mass is 246 g/mol. The molecule has 2 N–H and O–H groups in total. The van der Waals surface area contributed by atoms with Crippen molar-refractivity contribution in [2.24, 2.45) is 0 Å². The van der Waals surface area contributed by atoms with Crippen LogP contribution in [0, 0.1) is 6.92 Å². The molecular formula is C14H18N2O2. The number of rotatable bonds is 5. The molecule has 18 heavy (non-hydrogen) atoms. The molecule has 0 aliphatic rings. The normalized spacial score (nSPS) is 10.8. The molecule has 0 aliphatic carbocycles. The molecule has 0 unspecified atom stereocenters. The summed E-state index contributed by atoms with van der Waals surface area (Å²) in [5, 5.41) is 1.19. The molecule has 4 nitrogen and oxygen atoms in total. The third-order valence-corrected chi connectivity index (χ3v) is 2.96. The molecule has 0 aliphatic heterocycles. The summed E-state index contributed by atoms with van der Waals surface area (Å²) < 4.78 is 0. The van der Waals surface area contributed by atoms with E-state index in [1.54, 1.807) is 0 Å². The summed E-state index contributed by atoms with van der Waals surface area (Å²) in [6.07, 6.45) is 3.12. The third kappa shape index (κ3) is 2.71. The molecule has 96 valence electrons. The lowest BCUT2D eigenvalue weighted by atomic mass is 10.1. The van der Waals surface area contributed by atoms with Gasteiger partial charge in [-0.25, -0.2) is 5.48 Å². The second-order valence-corrected chi connectivity index (χ2v) is 4.27. The molecule has 0 bridgehead atoms. The van der Waals surface area contributed by atoms with Crippen LogP contribution in [-0.2, 0) is 16.1 Å². The molecule has 0 spiro atoms. The van der Waals surface area contributed by atoms with E-state index in [0.717, 1.165) is 5.52 Å². The van der Waals surface area contributed by atoms with Gasteiger partial charge in [0, 0.05) is 23.5 Å². The number of aryl methyl sites for hydroxylation is 2. The Bertz CT molecular complexity index is 546. The number of carbonyl (C=O) groups is 1. The fourth-order valence-electron chi connectivity index (χ4n) is 2.02. The number of aromatic nitrogens is 1. The van der Waals surface area contributed by atoms with Gasteiger partial charge in [-0.3, -0.25) is 9.63 Å². The number of carbonyl (C=O) groups excluding carboxylic acids is 1. The molecule has 1 aromatic carbocycles. The highest BCUT2D eigenvalue weighted by molar-refractivity contribution is 5.86. The molecule has 0 radical (unpaired) electrons. The Kier molecular flexibility index (Phi) is 3.99. The third-order valence-electron chi connectivity index (χ3n) is 2.96. The Morgan fingerprint density at radius 3 is 3.06 bits per heavy atom. The van der Waals surface area contributed by atoms with Gasteiger partial charge in [0.25, 0.3) is 0 Å². The first-order chi connectivity index (χ1) is 8.72. The number of fused-ring (bicyclic) bond motifs is 1. The predicted molar refractivity (Wildman–Crippen MR) is 71.1 cm³/mol. The summed E-state index contributed by atoms with van der Waals surface area (Å²) in [7, 11) is 0. The second kappa shape index (κ2) is 5.69. The van der Waals surface area contributed by atoms with E-state index < -0.39 is 0 Å². The van der Waals surface area contributed by atoms with E-state index >= 15 is 0 Å². The first-order valence-corrected chi connectivity index (χ1v) is 6.18. The van der Waals surface area contributed by atoms with Crippen molar-refractivity contribution < 1.29 is 9.63 Å². The predicted octanol–water partition coefficient (Wildman–Crippen LogP) is 2.48. The number of aromatic amines is 1. The van der Waals surface area contributed by atoms with Crippen molar-refractivity contribution in [3.05, 3.63) is 35.5 Å². The van der Waals surface area contributed by atoms with Crippen LogP contribution in [0.5, 0.6) is 0 Å². The van der Waals surface area contributed by atoms with E-state index in [2.05, 4.69) is 29.5 Å². The minimum atomic E-state index is -0.0844. The Morgan fingerprint density at radius 2 is 2.28 bits per heavy atom. The van der Waals surface area contributed by atoms with Gasteiger partial charge >= 0.3 is 0 Å². The van der Waals surface area contributed by atoms with E-state index in [-0.39, 0.29) is 5.91 Å². The lowest BCUT2D eigenvalue weighted by molar-refractivity contribution is -0.133.